The second-order valence-corrected chi connectivity index (χ2v) is 6.08. The molecule has 0 saturated carbocycles. The molecule has 25 heavy (non-hydrogen) atoms. The molecule has 6 nitrogen and oxygen atoms in total. The highest BCUT2D eigenvalue weighted by Gasteiger charge is 2.29. The van der Waals surface area contributed by atoms with Crippen molar-refractivity contribution in [1.82, 2.24) is 0 Å². The number of carbonyl (C=O) groups excluding carboxylic acids is 1. The Bertz CT molecular complexity index is 849. The summed E-state index contributed by atoms with van der Waals surface area (Å²) in [4.78, 5) is 27.9. The smallest absolute Gasteiger partial charge is 0.273 e. The van der Waals surface area contributed by atoms with Gasteiger partial charge < -0.3 is 17.6 Å². The molecule has 0 N–H and O–H groups in total. The minimum Gasteiger partial charge on any atom is -0.758 e. The van der Waals surface area contributed by atoms with Crippen LogP contribution in [-0.2, 0) is 12.6 Å². The Labute approximate surface area is 151 Å². The van der Waals surface area contributed by atoms with Crippen LogP contribution in [0.15, 0.2) is 47.7 Å². The molecule has 2 rings (SSSR count). The molecule has 0 bridgehead atoms. The number of Topliss-reactive ketones (excluding diaryl/α,β-unsaturated/α-hetero) is 1. The van der Waals surface area contributed by atoms with E-state index in [1.54, 1.807) is 29.8 Å². The van der Waals surface area contributed by atoms with E-state index < -0.39 is 11.0 Å². The summed E-state index contributed by atoms with van der Waals surface area (Å²) in [5, 5.41) is 11.4. The van der Waals surface area contributed by atoms with Crippen LogP contribution in [0.1, 0.15) is 34.5 Å². The zero-order valence-corrected chi connectivity index (χ0v) is 15.1. The highest BCUT2D eigenvalue weighted by Crippen LogP contribution is 2.22. The number of nitro benzene ring substituents is 1. The summed E-state index contributed by atoms with van der Waals surface area (Å²) in [6.45, 7) is 5.85. The van der Waals surface area contributed by atoms with E-state index in [9.17, 15) is 14.9 Å². The van der Waals surface area contributed by atoms with Crippen molar-refractivity contribution in [3.63, 3.8) is 0 Å². The minimum absolute atomic E-state index is 0.0859. The van der Waals surface area contributed by atoms with Crippen LogP contribution in [0.2, 0.25) is 0 Å². The average Bonchev–Trinajstić information content (AvgIpc) is 2.55. The molecule has 0 spiro atoms. The molecule has 2 aromatic rings. The molecule has 0 saturated heterocycles. The van der Waals surface area contributed by atoms with Crippen LogP contribution >= 0.6 is 0 Å². The van der Waals surface area contributed by atoms with Gasteiger partial charge in [0.25, 0.3) is 5.69 Å². The Morgan fingerprint density at radius 2 is 2.08 bits per heavy atom. The number of rotatable bonds is 6. The van der Waals surface area contributed by atoms with Crippen molar-refractivity contribution in [2.75, 3.05) is 6.54 Å². The SMILES string of the molecule is CCN=C([S-])C(C(=O)c1ccc(C)c([N+](=O)[O-])c1)[n+]1cccc(C)c1. The summed E-state index contributed by atoms with van der Waals surface area (Å²) in [6.07, 6.45) is 3.55. The monoisotopic (exact) mass is 357 g/mol. The lowest BCUT2D eigenvalue weighted by Gasteiger charge is -2.18. The second-order valence-electron chi connectivity index (χ2n) is 5.67. The van der Waals surface area contributed by atoms with E-state index >= 15 is 0 Å². The largest absolute Gasteiger partial charge is 0.758 e. The predicted molar refractivity (Wildman–Crippen MR) is 97.9 cm³/mol. The summed E-state index contributed by atoms with van der Waals surface area (Å²) in [6, 6.07) is 7.38. The number of carbonyl (C=O) groups is 1. The number of pyridine rings is 1. The molecule has 1 atom stereocenters. The number of hydrogen-bond acceptors (Lipinski definition) is 5. The van der Waals surface area contributed by atoms with Crippen LogP contribution in [0.3, 0.4) is 0 Å². The lowest BCUT2D eigenvalue weighted by Crippen LogP contribution is -2.48. The summed E-state index contributed by atoms with van der Waals surface area (Å²) in [5.74, 6) is -0.319. The number of nitrogens with zero attached hydrogens (tertiary/aromatic N) is 3. The lowest BCUT2D eigenvalue weighted by atomic mass is 10.0. The first-order chi connectivity index (χ1) is 11.8. The third kappa shape index (κ3) is 4.24. The first-order valence-corrected chi connectivity index (χ1v) is 8.24. The fourth-order valence-electron chi connectivity index (χ4n) is 2.51. The maximum atomic E-state index is 13.1. The normalized spacial score (nSPS) is 12.7. The van der Waals surface area contributed by atoms with E-state index in [2.05, 4.69) is 4.99 Å². The van der Waals surface area contributed by atoms with Crippen LogP contribution in [0, 0.1) is 24.0 Å². The van der Waals surface area contributed by atoms with Crippen molar-refractivity contribution < 1.29 is 14.3 Å². The molecular formula is C18H19N3O3S. The Kier molecular flexibility index (Phi) is 5.93. The molecule has 0 aliphatic carbocycles. The third-order valence-corrected chi connectivity index (χ3v) is 4.11. The number of aromatic nitrogens is 1. The van der Waals surface area contributed by atoms with E-state index in [0.29, 0.717) is 12.1 Å². The molecule has 0 aliphatic heterocycles. The number of aliphatic imine (C=N–C) groups is 1. The molecule has 7 heteroatoms. The Morgan fingerprint density at radius 3 is 2.68 bits per heavy atom. The molecule has 0 fully saturated rings. The van der Waals surface area contributed by atoms with Gasteiger partial charge in [0, 0.05) is 35.4 Å². The molecule has 1 unspecified atom stereocenters. The first-order valence-electron chi connectivity index (χ1n) is 7.83. The van der Waals surface area contributed by atoms with Crippen LogP contribution in [0.5, 0.6) is 0 Å². The van der Waals surface area contributed by atoms with Crippen molar-refractivity contribution in [3.05, 3.63) is 69.5 Å². The van der Waals surface area contributed by atoms with Crippen LogP contribution < -0.4 is 4.57 Å². The summed E-state index contributed by atoms with van der Waals surface area (Å²) >= 11 is 5.34. The molecular weight excluding hydrogens is 338 g/mol. The minimum atomic E-state index is -0.808. The molecule has 0 aliphatic rings. The standard InChI is InChI=1S/C18H19N3O3S/c1-4-19-18(25)16(20-9-5-6-12(2)11-20)17(22)14-8-7-13(3)15(10-14)21(23)24/h5-11,16H,4H2,1-3H3. The van der Waals surface area contributed by atoms with Crippen molar-refractivity contribution in [1.29, 1.82) is 0 Å². The number of benzene rings is 1. The second kappa shape index (κ2) is 7.94. The van der Waals surface area contributed by atoms with Gasteiger partial charge in [-0.25, -0.2) is 0 Å². The highest BCUT2D eigenvalue weighted by atomic mass is 32.1. The fourth-order valence-corrected chi connectivity index (χ4v) is 2.87. The quantitative estimate of drug-likeness (QED) is 0.151. The Hall–Kier alpha value is -2.67. The van der Waals surface area contributed by atoms with Gasteiger partial charge in [-0.1, -0.05) is 12.1 Å². The van der Waals surface area contributed by atoms with E-state index in [1.165, 1.54) is 6.07 Å². The fraction of sp³-hybridized carbons (Fsp3) is 0.278. The Balaban J connectivity index is 2.55. The number of ketones is 1. The third-order valence-electron chi connectivity index (χ3n) is 3.75. The number of hydrogen-bond donors (Lipinski definition) is 0. The van der Waals surface area contributed by atoms with E-state index in [-0.39, 0.29) is 22.1 Å². The maximum Gasteiger partial charge on any atom is 0.273 e. The van der Waals surface area contributed by atoms with E-state index in [0.717, 1.165) is 5.56 Å². The van der Waals surface area contributed by atoms with Gasteiger partial charge in [0.2, 0.25) is 11.8 Å². The number of aryl methyl sites for hydroxylation is 2. The van der Waals surface area contributed by atoms with Crippen molar-refractivity contribution in [2.45, 2.75) is 26.8 Å². The zero-order valence-electron chi connectivity index (χ0n) is 14.3. The van der Waals surface area contributed by atoms with Crippen molar-refractivity contribution in [3.8, 4) is 0 Å². The van der Waals surface area contributed by atoms with Gasteiger partial charge in [0.1, 0.15) is 0 Å². The van der Waals surface area contributed by atoms with Gasteiger partial charge in [-0.3, -0.25) is 14.9 Å². The highest BCUT2D eigenvalue weighted by molar-refractivity contribution is 7.77. The topological polar surface area (TPSA) is 76.4 Å². The molecule has 1 aromatic carbocycles. The number of nitro groups is 1. The molecule has 0 radical (unpaired) electrons. The predicted octanol–water partition coefficient (Wildman–Crippen LogP) is 2.89. The first kappa shape index (κ1) is 18.7. The van der Waals surface area contributed by atoms with Gasteiger partial charge in [0.05, 0.1) is 4.92 Å². The van der Waals surface area contributed by atoms with E-state index in [4.69, 9.17) is 12.6 Å². The van der Waals surface area contributed by atoms with Gasteiger partial charge in [-0.05, 0) is 31.9 Å². The van der Waals surface area contributed by atoms with Crippen molar-refractivity contribution >= 4 is 29.1 Å². The van der Waals surface area contributed by atoms with Crippen molar-refractivity contribution in [2.24, 2.45) is 4.99 Å². The summed E-state index contributed by atoms with van der Waals surface area (Å²) in [5.41, 5.74) is 1.62. The van der Waals surface area contributed by atoms with Gasteiger partial charge in [0.15, 0.2) is 12.4 Å². The Morgan fingerprint density at radius 1 is 1.36 bits per heavy atom. The summed E-state index contributed by atoms with van der Waals surface area (Å²) < 4.78 is 1.70. The van der Waals surface area contributed by atoms with E-state index in [1.807, 2.05) is 32.2 Å². The average molecular weight is 357 g/mol. The van der Waals surface area contributed by atoms with Gasteiger partial charge >= 0.3 is 0 Å². The van der Waals surface area contributed by atoms with Crippen LogP contribution in [-0.4, -0.2) is 22.3 Å². The lowest BCUT2D eigenvalue weighted by molar-refractivity contribution is -0.692. The summed E-state index contributed by atoms with van der Waals surface area (Å²) in [7, 11) is 0. The molecule has 1 aromatic heterocycles. The van der Waals surface area contributed by atoms with Crippen LogP contribution in [0.25, 0.3) is 0 Å². The van der Waals surface area contributed by atoms with Gasteiger partial charge in [-0.2, -0.15) is 4.57 Å². The molecule has 0 amide bonds. The molecule has 1 heterocycles. The van der Waals surface area contributed by atoms with Crippen LogP contribution in [0.4, 0.5) is 5.69 Å². The maximum absolute atomic E-state index is 13.1. The molecule has 130 valence electrons. The zero-order chi connectivity index (χ0) is 18.6. The van der Waals surface area contributed by atoms with Gasteiger partial charge in [-0.15, -0.1) is 0 Å².